The second kappa shape index (κ2) is 8.03. The molecule has 1 aromatic carbocycles. The van der Waals surface area contributed by atoms with Crippen molar-refractivity contribution >= 4 is 29.3 Å². The molecule has 146 valence electrons. The third-order valence-corrected chi connectivity index (χ3v) is 4.36. The molecule has 9 heteroatoms. The van der Waals surface area contributed by atoms with Gasteiger partial charge in [-0.15, -0.1) is 5.10 Å². The minimum Gasteiger partial charge on any atom is -0.453 e. The van der Waals surface area contributed by atoms with E-state index in [1.807, 2.05) is 32.0 Å². The Balaban J connectivity index is 1.59. The van der Waals surface area contributed by atoms with Gasteiger partial charge in [0.1, 0.15) is 0 Å². The van der Waals surface area contributed by atoms with E-state index in [0.29, 0.717) is 17.9 Å². The van der Waals surface area contributed by atoms with E-state index in [1.54, 1.807) is 23.6 Å². The minimum atomic E-state index is -0.898. The Morgan fingerprint density at radius 2 is 1.93 bits per heavy atom. The van der Waals surface area contributed by atoms with Crippen molar-refractivity contribution in [3.05, 3.63) is 47.3 Å². The summed E-state index contributed by atoms with van der Waals surface area (Å²) in [7, 11) is 0. The summed E-state index contributed by atoms with van der Waals surface area (Å²) < 4.78 is 6.81. The number of nitrogens with two attached hydrogens (primary N) is 1. The summed E-state index contributed by atoms with van der Waals surface area (Å²) in [6.07, 6.45) is -0.376. The van der Waals surface area contributed by atoms with Crippen molar-refractivity contribution in [1.82, 2.24) is 19.6 Å². The number of hydrogen-bond donors (Lipinski definition) is 2. The number of aryl methyl sites for hydroxylation is 2. The van der Waals surface area contributed by atoms with Gasteiger partial charge in [-0.2, -0.15) is 9.50 Å². The van der Waals surface area contributed by atoms with Crippen LogP contribution >= 0.6 is 0 Å². The van der Waals surface area contributed by atoms with Gasteiger partial charge in [-0.25, -0.2) is 4.98 Å². The zero-order chi connectivity index (χ0) is 20.3. The summed E-state index contributed by atoms with van der Waals surface area (Å²) in [4.78, 5) is 32.8. The van der Waals surface area contributed by atoms with Crippen LogP contribution in [0, 0.1) is 13.8 Å². The molecule has 0 bridgehead atoms. The lowest BCUT2D eigenvalue weighted by atomic mass is 10.1. The standard InChI is InChI=1S/C19H22N6O3/c1-11-15(12(2)25-19(21-11)23-18(20)24-25)9-10-16(26)28-13(3)17(27)22-14-7-5-4-6-8-14/h4-8,13H,9-10H2,1-3H3,(H2,20,24)(H,22,27)/t13-/m0/s1. The van der Waals surface area contributed by atoms with Crippen molar-refractivity contribution < 1.29 is 14.3 Å². The van der Waals surface area contributed by atoms with Crippen LogP contribution in [0.2, 0.25) is 0 Å². The maximum absolute atomic E-state index is 12.2. The van der Waals surface area contributed by atoms with Crippen LogP contribution in [0.25, 0.3) is 5.78 Å². The fraction of sp³-hybridized carbons (Fsp3) is 0.316. The van der Waals surface area contributed by atoms with E-state index in [1.165, 1.54) is 0 Å². The predicted molar refractivity (Wildman–Crippen MR) is 104 cm³/mol. The van der Waals surface area contributed by atoms with Crippen LogP contribution in [0.4, 0.5) is 11.6 Å². The first-order valence-corrected chi connectivity index (χ1v) is 8.89. The van der Waals surface area contributed by atoms with E-state index < -0.39 is 12.1 Å². The lowest BCUT2D eigenvalue weighted by molar-refractivity contribution is -0.153. The molecule has 0 spiro atoms. The van der Waals surface area contributed by atoms with E-state index in [4.69, 9.17) is 10.5 Å². The molecule has 3 aromatic rings. The normalized spacial score (nSPS) is 12.0. The molecule has 9 nitrogen and oxygen atoms in total. The quantitative estimate of drug-likeness (QED) is 0.623. The van der Waals surface area contributed by atoms with Gasteiger partial charge < -0.3 is 15.8 Å². The molecule has 1 amide bonds. The molecule has 0 fully saturated rings. The number of fused-ring (bicyclic) bond motifs is 1. The maximum Gasteiger partial charge on any atom is 0.306 e. The van der Waals surface area contributed by atoms with Gasteiger partial charge in [0.15, 0.2) is 6.10 Å². The fourth-order valence-corrected chi connectivity index (χ4v) is 2.89. The molecule has 2 aromatic heterocycles. The predicted octanol–water partition coefficient (Wildman–Crippen LogP) is 1.83. The number of ether oxygens (including phenoxy) is 1. The molecule has 3 rings (SSSR count). The number of nitrogen functional groups attached to an aromatic ring is 1. The second-order valence-corrected chi connectivity index (χ2v) is 6.43. The highest BCUT2D eigenvalue weighted by atomic mass is 16.5. The number of amides is 1. The largest absolute Gasteiger partial charge is 0.453 e. The van der Waals surface area contributed by atoms with Gasteiger partial charge in [0.25, 0.3) is 11.7 Å². The molecule has 3 N–H and O–H groups in total. The Morgan fingerprint density at radius 3 is 2.64 bits per heavy atom. The molecule has 0 radical (unpaired) electrons. The molecule has 28 heavy (non-hydrogen) atoms. The highest BCUT2D eigenvalue weighted by Gasteiger charge is 2.19. The van der Waals surface area contributed by atoms with Crippen LogP contribution in [0.3, 0.4) is 0 Å². The van der Waals surface area contributed by atoms with Gasteiger partial charge in [0.05, 0.1) is 0 Å². The monoisotopic (exact) mass is 382 g/mol. The smallest absolute Gasteiger partial charge is 0.306 e. The van der Waals surface area contributed by atoms with Crippen molar-refractivity contribution in [1.29, 1.82) is 0 Å². The molecule has 0 aliphatic carbocycles. The van der Waals surface area contributed by atoms with E-state index >= 15 is 0 Å². The summed E-state index contributed by atoms with van der Waals surface area (Å²) in [6.45, 7) is 5.25. The average molecular weight is 382 g/mol. The van der Waals surface area contributed by atoms with Crippen molar-refractivity contribution in [2.75, 3.05) is 11.1 Å². The van der Waals surface area contributed by atoms with Gasteiger partial charge in [0.2, 0.25) is 5.95 Å². The van der Waals surface area contributed by atoms with Crippen molar-refractivity contribution in [3.8, 4) is 0 Å². The molecular formula is C19H22N6O3. The molecule has 0 saturated heterocycles. The second-order valence-electron chi connectivity index (χ2n) is 6.43. The molecule has 0 aliphatic rings. The number of esters is 1. The number of carbonyl (C=O) groups excluding carboxylic acids is 2. The van der Waals surface area contributed by atoms with Gasteiger partial charge in [-0.3, -0.25) is 9.59 Å². The number of para-hydroxylation sites is 1. The van der Waals surface area contributed by atoms with E-state index in [-0.39, 0.29) is 18.3 Å². The molecule has 1 atom stereocenters. The van der Waals surface area contributed by atoms with Crippen LogP contribution < -0.4 is 11.1 Å². The van der Waals surface area contributed by atoms with Crippen LogP contribution in [-0.2, 0) is 20.7 Å². The number of rotatable bonds is 6. The summed E-state index contributed by atoms with van der Waals surface area (Å²) in [5.74, 6) is -0.282. The van der Waals surface area contributed by atoms with Crippen molar-refractivity contribution in [2.24, 2.45) is 0 Å². The maximum atomic E-state index is 12.2. The first-order valence-electron chi connectivity index (χ1n) is 8.89. The fourth-order valence-electron chi connectivity index (χ4n) is 2.89. The number of benzene rings is 1. The summed E-state index contributed by atoms with van der Waals surface area (Å²) in [6, 6.07) is 8.99. The van der Waals surface area contributed by atoms with E-state index in [2.05, 4.69) is 20.4 Å². The number of nitrogens with one attached hydrogen (secondary N) is 1. The van der Waals surface area contributed by atoms with Crippen LogP contribution in [0.1, 0.15) is 30.3 Å². The topological polar surface area (TPSA) is 124 Å². The number of hydrogen-bond acceptors (Lipinski definition) is 7. The Kier molecular flexibility index (Phi) is 5.53. The Hall–Kier alpha value is -3.49. The van der Waals surface area contributed by atoms with Crippen molar-refractivity contribution in [2.45, 2.75) is 39.7 Å². The number of aromatic nitrogens is 4. The molecule has 0 aliphatic heterocycles. The lowest BCUT2D eigenvalue weighted by Gasteiger charge is -2.14. The average Bonchev–Trinajstić information content (AvgIpc) is 3.02. The van der Waals surface area contributed by atoms with E-state index in [0.717, 1.165) is 17.0 Å². The third kappa shape index (κ3) is 4.25. The highest BCUT2D eigenvalue weighted by Crippen LogP contribution is 2.16. The Bertz CT molecular complexity index is 1020. The number of carbonyl (C=O) groups is 2. The van der Waals surface area contributed by atoms with Crippen molar-refractivity contribution in [3.63, 3.8) is 0 Å². The lowest BCUT2D eigenvalue weighted by Crippen LogP contribution is -2.30. The van der Waals surface area contributed by atoms with Gasteiger partial charge in [-0.1, -0.05) is 18.2 Å². The van der Waals surface area contributed by atoms with Crippen LogP contribution in [0.5, 0.6) is 0 Å². The van der Waals surface area contributed by atoms with Gasteiger partial charge in [0, 0.05) is 23.5 Å². The SMILES string of the molecule is Cc1nc2nc(N)nn2c(C)c1CCC(=O)O[C@@H](C)C(=O)Nc1ccccc1. The van der Waals surface area contributed by atoms with Crippen LogP contribution in [-0.4, -0.2) is 37.6 Å². The molecule has 2 heterocycles. The molecular weight excluding hydrogens is 360 g/mol. The summed E-state index contributed by atoms with van der Waals surface area (Å²) in [5, 5.41) is 6.81. The number of anilines is 2. The van der Waals surface area contributed by atoms with E-state index in [9.17, 15) is 9.59 Å². The zero-order valence-corrected chi connectivity index (χ0v) is 16.0. The van der Waals surface area contributed by atoms with Gasteiger partial charge >= 0.3 is 5.97 Å². The number of nitrogens with zero attached hydrogens (tertiary/aromatic N) is 4. The highest BCUT2D eigenvalue weighted by molar-refractivity contribution is 5.95. The minimum absolute atomic E-state index is 0.113. The first-order chi connectivity index (χ1) is 13.3. The zero-order valence-electron chi connectivity index (χ0n) is 16.0. The van der Waals surface area contributed by atoms with Gasteiger partial charge in [-0.05, 0) is 44.9 Å². The summed E-state index contributed by atoms with van der Waals surface area (Å²) in [5.41, 5.74) is 8.71. The molecule has 0 saturated carbocycles. The molecule has 0 unspecified atom stereocenters. The first kappa shape index (κ1) is 19.3. The third-order valence-electron chi connectivity index (χ3n) is 4.36. The Labute approximate surface area is 161 Å². The summed E-state index contributed by atoms with van der Waals surface area (Å²) >= 11 is 0. The Morgan fingerprint density at radius 1 is 1.21 bits per heavy atom. The van der Waals surface area contributed by atoms with Crippen LogP contribution in [0.15, 0.2) is 30.3 Å².